The highest BCUT2D eigenvalue weighted by Gasteiger charge is 2.09. The highest BCUT2D eigenvalue weighted by molar-refractivity contribution is 7.16. The Morgan fingerprint density at radius 1 is 1.50 bits per heavy atom. The van der Waals surface area contributed by atoms with Crippen molar-refractivity contribution in [2.45, 2.75) is 13.5 Å². The van der Waals surface area contributed by atoms with Crippen LogP contribution in [0.15, 0.2) is 28.6 Å². The van der Waals surface area contributed by atoms with E-state index in [2.05, 4.69) is 10.4 Å². The molecule has 0 fully saturated rings. The van der Waals surface area contributed by atoms with Crippen LogP contribution >= 0.6 is 11.3 Å². The molecule has 0 saturated carbocycles. The minimum Gasteiger partial charge on any atom is -0.495 e. The smallest absolute Gasteiger partial charge is 0.215 e. The van der Waals surface area contributed by atoms with Crippen LogP contribution in [0.1, 0.15) is 6.92 Å². The van der Waals surface area contributed by atoms with Crippen molar-refractivity contribution in [1.82, 2.24) is 4.57 Å². The summed E-state index contributed by atoms with van der Waals surface area (Å²) in [6.07, 6.45) is 0. The summed E-state index contributed by atoms with van der Waals surface area (Å²) in [6, 6.07) is 5.77. The number of methoxy groups -OCH3 is 1. The molecule has 0 aliphatic heterocycles. The summed E-state index contributed by atoms with van der Waals surface area (Å²) in [5.41, 5.74) is 0.958. The van der Waals surface area contributed by atoms with Gasteiger partial charge in [0.25, 0.3) is 0 Å². The summed E-state index contributed by atoms with van der Waals surface area (Å²) in [6.45, 7) is 2.71. The molecule has 0 spiro atoms. The SMILES string of the molecule is CCn1/c(=N/N=O)sc2cccc(OC)c21. The van der Waals surface area contributed by atoms with Gasteiger partial charge in [0.15, 0.2) is 0 Å². The molecule has 2 aromatic rings. The molecule has 5 nitrogen and oxygen atoms in total. The fourth-order valence-electron chi connectivity index (χ4n) is 1.67. The van der Waals surface area contributed by atoms with Gasteiger partial charge in [0.1, 0.15) is 11.3 Å². The van der Waals surface area contributed by atoms with Gasteiger partial charge in [0, 0.05) is 6.54 Å². The first-order chi connectivity index (χ1) is 7.81. The average molecular weight is 237 g/mol. The second-order valence-electron chi connectivity index (χ2n) is 3.12. The van der Waals surface area contributed by atoms with Gasteiger partial charge >= 0.3 is 0 Å². The van der Waals surface area contributed by atoms with E-state index in [1.807, 2.05) is 29.7 Å². The fraction of sp³-hybridized carbons (Fsp3) is 0.300. The third-order valence-corrected chi connectivity index (χ3v) is 3.36. The number of rotatable bonds is 3. The lowest BCUT2D eigenvalue weighted by Crippen LogP contribution is -2.12. The van der Waals surface area contributed by atoms with Crippen LogP contribution in [-0.2, 0) is 6.54 Å². The van der Waals surface area contributed by atoms with Crippen LogP contribution in [0.2, 0.25) is 0 Å². The van der Waals surface area contributed by atoms with E-state index in [9.17, 15) is 4.91 Å². The fourth-order valence-corrected chi connectivity index (χ4v) is 2.72. The molecule has 0 aliphatic carbocycles. The summed E-state index contributed by atoms with van der Waals surface area (Å²) in [4.78, 5) is 10.8. The third kappa shape index (κ3) is 1.61. The predicted molar refractivity (Wildman–Crippen MR) is 63.4 cm³/mol. The third-order valence-electron chi connectivity index (χ3n) is 2.33. The summed E-state index contributed by atoms with van der Waals surface area (Å²) >= 11 is 1.43. The van der Waals surface area contributed by atoms with Crippen LogP contribution in [0.3, 0.4) is 0 Å². The Morgan fingerprint density at radius 3 is 2.94 bits per heavy atom. The molecule has 0 saturated heterocycles. The summed E-state index contributed by atoms with van der Waals surface area (Å²) < 4.78 is 8.24. The molecule has 16 heavy (non-hydrogen) atoms. The zero-order valence-electron chi connectivity index (χ0n) is 9.01. The number of benzene rings is 1. The molecule has 0 unspecified atom stereocenters. The minimum atomic E-state index is 0.594. The topological polar surface area (TPSA) is 56.0 Å². The van der Waals surface area contributed by atoms with E-state index < -0.39 is 0 Å². The van der Waals surface area contributed by atoms with Crippen molar-refractivity contribution in [3.05, 3.63) is 27.9 Å². The van der Waals surface area contributed by atoms with Gasteiger partial charge in [0.05, 0.1) is 17.1 Å². The molecule has 0 atom stereocenters. The number of aryl methyl sites for hydroxylation is 1. The highest BCUT2D eigenvalue weighted by atomic mass is 32.1. The summed E-state index contributed by atoms with van der Waals surface area (Å²) in [5, 5.41) is 6.17. The molecule has 0 amide bonds. The van der Waals surface area contributed by atoms with E-state index in [-0.39, 0.29) is 0 Å². The molecular formula is C10H11N3O2S. The van der Waals surface area contributed by atoms with Crippen molar-refractivity contribution in [3.8, 4) is 5.75 Å². The Kier molecular flexibility index (Phi) is 3.00. The van der Waals surface area contributed by atoms with Crippen molar-refractivity contribution >= 4 is 21.6 Å². The highest BCUT2D eigenvalue weighted by Crippen LogP contribution is 2.27. The zero-order valence-corrected chi connectivity index (χ0v) is 9.82. The number of nitrogens with zero attached hydrogens (tertiary/aromatic N) is 3. The Hall–Kier alpha value is -1.69. The predicted octanol–water partition coefficient (Wildman–Crippen LogP) is 2.31. The van der Waals surface area contributed by atoms with Crippen LogP contribution < -0.4 is 9.54 Å². The lowest BCUT2D eigenvalue weighted by Gasteiger charge is -2.05. The van der Waals surface area contributed by atoms with E-state index in [0.717, 1.165) is 16.0 Å². The van der Waals surface area contributed by atoms with Gasteiger partial charge in [-0.15, -0.1) is 4.91 Å². The molecule has 0 aliphatic rings. The molecular weight excluding hydrogens is 226 g/mol. The number of fused-ring (bicyclic) bond motifs is 1. The van der Waals surface area contributed by atoms with Gasteiger partial charge in [-0.1, -0.05) is 22.5 Å². The van der Waals surface area contributed by atoms with Crippen LogP contribution in [0.25, 0.3) is 10.2 Å². The molecule has 1 aromatic heterocycles. The Morgan fingerprint density at radius 2 is 2.31 bits per heavy atom. The maximum absolute atomic E-state index is 10.2. The molecule has 6 heteroatoms. The standard InChI is InChI=1S/C10H11N3O2S/c1-3-13-9-7(15-2)5-4-6-8(9)16-10(13)11-12-14/h4-6H,3H2,1-2H3/b11-10-. The molecule has 1 aromatic carbocycles. The molecule has 2 rings (SSSR count). The van der Waals surface area contributed by atoms with Gasteiger partial charge in [-0.05, 0) is 19.1 Å². The Bertz CT molecular complexity index is 585. The molecule has 0 bridgehead atoms. The first kappa shape index (κ1) is 10.8. The van der Waals surface area contributed by atoms with E-state index in [1.165, 1.54) is 11.3 Å². The van der Waals surface area contributed by atoms with Crippen LogP contribution in [0, 0.1) is 4.91 Å². The number of para-hydroxylation sites is 1. The van der Waals surface area contributed by atoms with E-state index in [4.69, 9.17) is 4.74 Å². The number of nitroso groups, excluding NO2 is 1. The van der Waals surface area contributed by atoms with Crippen molar-refractivity contribution in [2.75, 3.05) is 7.11 Å². The largest absolute Gasteiger partial charge is 0.495 e. The zero-order chi connectivity index (χ0) is 11.5. The number of aromatic nitrogens is 1. The van der Waals surface area contributed by atoms with E-state index in [0.29, 0.717) is 11.3 Å². The van der Waals surface area contributed by atoms with Crippen molar-refractivity contribution in [1.29, 1.82) is 0 Å². The van der Waals surface area contributed by atoms with Gasteiger partial charge in [-0.3, -0.25) is 0 Å². The van der Waals surface area contributed by atoms with Gasteiger partial charge < -0.3 is 9.30 Å². The monoisotopic (exact) mass is 237 g/mol. The number of ether oxygens (including phenoxy) is 1. The maximum atomic E-state index is 10.2. The normalized spacial score (nSPS) is 12.0. The van der Waals surface area contributed by atoms with E-state index in [1.54, 1.807) is 7.11 Å². The van der Waals surface area contributed by atoms with Crippen molar-refractivity contribution in [3.63, 3.8) is 0 Å². The first-order valence-electron chi connectivity index (χ1n) is 4.84. The van der Waals surface area contributed by atoms with Gasteiger partial charge in [-0.25, -0.2) is 0 Å². The molecule has 0 N–H and O–H groups in total. The minimum absolute atomic E-state index is 0.594. The lowest BCUT2D eigenvalue weighted by atomic mass is 10.3. The molecule has 1 heterocycles. The number of thiazole rings is 1. The average Bonchev–Trinajstić information content (AvgIpc) is 2.66. The van der Waals surface area contributed by atoms with Gasteiger partial charge in [-0.2, -0.15) is 0 Å². The van der Waals surface area contributed by atoms with Crippen LogP contribution in [-0.4, -0.2) is 11.7 Å². The first-order valence-corrected chi connectivity index (χ1v) is 5.66. The Labute approximate surface area is 96.0 Å². The maximum Gasteiger partial charge on any atom is 0.215 e. The van der Waals surface area contributed by atoms with Gasteiger partial charge in [0.2, 0.25) is 4.80 Å². The quantitative estimate of drug-likeness (QED) is 0.607. The second-order valence-corrected chi connectivity index (χ2v) is 4.13. The van der Waals surface area contributed by atoms with Crippen LogP contribution in [0.4, 0.5) is 0 Å². The van der Waals surface area contributed by atoms with E-state index >= 15 is 0 Å². The summed E-state index contributed by atoms with van der Waals surface area (Å²) in [5.74, 6) is 0.781. The lowest BCUT2D eigenvalue weighted by molar-refractivity contribution is 0.417. The van der Waals surface area contributed by atoms with Crippen LogP contribution in [0.5, 0.6) is 5.75 Å². The number of hydrogen-bond acceptors (Lipinski definition) is 4. The summed E-state index contributed by atoms with van der Waals surface area (Å²) in [7, 11) is 1.63. The second kappa shape index (κ2) is 4.44. The van der Waals surface area contributed by atoms with Crippen molar-refractivity contribution in [2.24, 2.45) is 10.4 Å². The molecule has 84 valence electrons. The molecule has 0 radical (unpaired) electrons. The number of hydrogen-bond donors (Lipinski definition) is 0. The Balaban J connectivity index is 2.88. The van der Waals surface area contributed by atoms with Crippen molar-refractivity contribution < 1.29 is 4.74 Å².